The zero-order valence-electron chi connectivity index (χ0n) is 11.6. The molecule has 0 aromatic heterocycles. The molecule has 5 heteroatoms. The van der Waals surface area contributed by atoms with Crippen LogP contribution < -0.4 is 10.4 Å². The van der Waals surface area contributed by atoms with Gasteiger partial charge < -0.3 is 15.2 Å². The second-order valence-electron chi connectivity index (χ2n) is 4.70. The van der Waals surface area contributed by atoms with E-state index in [2.05, 4.69) is 27.8 Å². The molecule has 2 aromatic rings. The highest BCUT2D eigenvalue weighted by atomic mass is 79.9. The molecule has 0 bridgehead atoms. The maximum absolute atomic E-state index is 12.1. The first-order valence-electron chi connectivity index (χ1n) is 6.50. The van der Waals surface area contributed by atoms with Crippen LogP contribution in [0.3, 0.4) is 0 Å². The Labute approximate surface area is 136 Å². The number of rotatable bonds is 6. The summed E-state index contributed by atoms with van der Waals surface area (Å²) in [6.45, 7) is 3.82. The number of anilines is 1. The highest BCUT2D eigenvalue weighted by Gasteiger charge is 2.08. The van der Waals surface area contributed by atoms with Gasteiger partial charge in [-0.05, 0) is 29.8 Å². The predicted molar refractivity (Wildman–Crippen MR) is 86.6 cm³/mol. The molecule has 4 nitrogen and oxygen atoms in total. The normalized spacial score (nSPS) is 10.0. The molecule has 0 amide bonds. The molecule has 0 aliphatic heterocycles. The van der Waals surface area contributed by atoms with Gasteiger partial charge >= 0.3 is 0 Å². The minimum atomic E-state index is -1.23. The van der Waals surface area contributed by atoms with Crippen molar-refractivity contribution >= 4 is 33.4 Å². The maximum atomic E-state index is 12.1. The molecule has 0 aliphatic carbocycles. The Balaban J connectivity index is 1.96. The monoisotopic (exact) mass is 358 g/mol. The number of aromatic carboxylic acids is 1. The van der Waals surface area contributed by atoms with E-state index in [1.807, 2.05) is 12.1 Å². The van der Waals surface area contributed by atoms with Crippen LogP contribution in [0.1, 0.15) is 27.1 Å². The van der Waals surface area contributed by atoms with Crippen molar-refractivity contribution in [1.82, 2.24) is 0 Å². The van der Waals surface area contributed by atoms with Gasteiger partial charge in [-0.2, -0.15) is 0 Å². The largest absolute Gasteiger partial charge is 0.545 e. The van der Waals surface area contributed by atoms with Gasteiger partial charge in [-0.25, -0.2) is 0 Å². The number of benzene rings is 2. The number of carbonyl (C=O) groups is 2. The van der Waals surface area contributed by atoms with E-state index in [1.54, 1.807) is 24.3 Å². The van der Waals surface area contributed by atoms with E-state index in [-0.39, 0.29) is 17.8 Å². The Hall–Kier alpha value is -2.40. The van der Waals surface area contributed by atoms with Crippen LogP contribution in [0.5, 0.6) is 0 Å². The van der Waals surface area contributed by atoms with Gasteiger partial charge in [-0.1, -0.05) is 46.8 Å². The summed E-state index contributed by atoms with van der Waals surface area (Å²) < 4.78 is 0.911. The number of carbonyl (C=O) groups excluding carboxylic acids is 2. The van der Waals surface area contributed by atoms with E-state index in [1.165, 1.54) is 12.1 Å². The second-order valence-corrected chi connectivity index (χ2v) is 5.62. The summed E-state index contributed by atoms with van der Waals surface area (Å²) in [5.41, 5.74) is 1.91. The molecule has 112 valence electrons. The summed E-state index contributed by atoms with van der Waals surface area (Å²) in [5.74, 6) is -1.27. The number of nitrogens with one attached hydrogen (secondary N) is 1. The van der Waals surface area contributed by atoms with Crippen LogP contribution in [0.25, 0.3) is 0 Å². The number of carboxylic acids is 1. The molecule has 2 aromatic carbocycles. The third kappa shape index (κ3) is 4.30. The number of allylic oxidation sites excluding steroid dienone is 1. The van der Waals surface area contributed by atoms with Crippen molar-refractivity contribution in [2.45, 2.75) is 6.42 Å². The standard InChI is InChI=1S/C17H14BrNO3/c1-11(10-16(20)12-2-6-14(18)7-3-12)19-15-8-4-13(5-9-15)17(21)22/h2-9,19H,1,10H2,(H,21,22)/p-1. The molecular weight excluding hydrogens is 346 g/mol. The number of halogens is 1. The van der Waals surface area contributed by atoms with Gasteiger partial charge in [0.25, 0.3) is 0 Å². The molecule has 22 heavy (non-hydrogen) atoms. The van der Waals surface area contributed by atoms with Crippen LogP contribution in [0.15, 0.2) is 65.3 Å². The van der Waals surface area contributed by atoms with Crippen LogP contribution in [0.4, 0.5) is 5.69 Å². The average molecular weight is 359 g/mol. The summed E-state index contributed by atoms with van der Waals surface area (Å²) >= 11 is 3.32. The Morgan fingerprint density at radius 1 is 1.00 bits per heavy atom. The molecule has 1 N–H and O–H groups in total. The second kappa shape index (κ2) is 7.04. The Morgan fingerprint density at radius 3 is 2.09 bits per heavy atom. The quantitative estimate of drug-likeness (QED) is 0.805. The first-order valence-corrected chi connectivity index (χ1v) is 7.30. The van der Waals surface area contributed by atoms with Crippen LogP contribution in [-0.4, -0.2) is 11.8 Å². The summed E-state index contributed by atoms with van der Waals surface area (Å²) in [6.07, 6.45) is 0.157. The van der Waals surface area contributed by atoms with Crippen LogP contribution in [0, 0.1) is 0 Å². The zero-order chi connectivity index (χ0) is 16.1. The molecule has 0 saturated heterocycles. The highest BCUT2D eigenvalue weighted by Crippen LogP contribution is 2.16. The molecule has 0 unspecified atom stereocenters. The Morgan fingerprint density at radius 2 is 1.55 bits per heavy atom. The van der Waals surface area contributed by atoms with Crippen molar-refractivity contribution in [2.75, 3.05) is 5.32 Å². The minimum absolute atomic E-state index is 0.0450. The number of ketones is 1. The van der Waals surface area contributed by atoms with Crippen molar-refractivity contribution in [3.05, 3.63) is 76.4 Å². The van der Waals surface area contributed by atoms with E-state index in [4.69, 9.17) is 0 Å². The molecule has 2 rings (SSSR count). The molecule has 0 saturated carbocycles. The molecule has 0 atom stereocenters. The first kappa shape index (κ1) is 16.0. The van der Waals surface area contributed by atoms with Crippen LogP contribution in [-0.2, 0) is 0 Å². The van der Waals surface area contributed by atoms with Crippen molar-refractivity contribution in [3.8, 4) is 0 Å². The number of hydrogen-bond donors (Lipinski definition) is 1. The first-order chi connectivity index (χ1) is 10.5. The highest BCUT2D eigenvalue weighted by molar-refractivity contribution is 9.10. The van der Waals surface area contributed by atoms with E-state index >= 15 is 0 Å². The maximum Gasteiger partial charge on any atom is 0.168 e. The van der Waals surface area contributed by atoms with Gasteiger partial charge in [0.1, 0.15) is 0 Å². The summed E-state index contributed by atoms with van der Waals surface area (Å²) in [4.78, 5) is 22.8. The molecular formula is C17H13BrNO3-. The average Bonchev–Trinajstić information content (AvgIpc) is 2.48. The van der Waals surface area contributed by atoms with Gasteiger partial charge in [0.2, 0.25) is 0 Å². The number of carboxylic acid groups (broad SMARTS) is 1. The van der Waals surface area contributed by atoms with Crippen LogP contribution in [0.2, 0.25) is 0 Å². The SMILES string of the molecule is C=C(CC(=O)c1ccc(Br)cc1)Nc1ccc(C(=O)[O-])cc1. The van der Waals surface area contributed by atoms with Gasteiger partial charge in [0.05, 0.1) is 12.4 Å². The lowest BCUT2D eigenvalue weighted by Gasteiger charge is -2.10. The van der Waals surface area contributed by atoms with Gasteiger partial charge in [-0.15, -0.1) is 0 Å². The van der Waals surface area contributed by atoms with Gasteiger partial charge in [0.15, 0.2) is 5.78 Å². The Bertz CT molecular complexity index is 706. The topological polar surface area (TPSA) is 69.2 Å². The lowest BCUT2D eigenvalue weighted by molar-refractivity contribution is -0.255. The van der Waals surface area contributed by atoms with Gasteiger partial charge in [0, 0.05) is 21.4 Å². The fourth-order valence-electron chi connectivity index (χ4n) is 1.87. The van der Waals surface area contributed by atoms with Gasteiger partial charge in [-0.3, -0.25) is 4.79 Å². The van der Waals surface area contributed by atoms with Crippen molar-refractivity contribution in [2.24, 2.45) is 0 Å². The fourth-order valence-corrected chi connectivity index (χ4v) is 2.13. The molecule has 0 aliphatic rings. The van der Waals surface area contributed by atoms with Crippen molar-refractivity contribution in [3.63, 3.8) is 0 Å². The van der Waals surface area contributed by atoms with Crippen LogP contribution >= 0.6 is 15.9 Å². The lowest BCUT2D eigenvalue weighted by Crippen LogP contribution is -2.21. The summed E-state index contributed by atoms with van der Waals surface area (Å²) in [7, 11) is 0. The summed E-state index contributed by atoms with van der Waals surface area (Å²) in [5, 5.41) is 13.6. The van der Waals surface area contributed by atoms with Crippen molar-refractivity contribution in [1.29, 1.82) is 0 Å². The molecule has 0 fully saturated rings. The predicted octanol–water partition coefficient (Wildman–Crippen LogP) is 3.01. The molecule has 0 heterocycles. The Kier molecular flexibility index (Phi) is 5.12. The fraction of sp³-hybridized carbons (Fsp3) is 0.0588. The molecule has 0 spiro atoms. The van der Waals surface area contributed by atoms with E-state index in [9.17, 15) is 14.7 Å². The van der Waals surface area contributed by atoms with E-state index in [0.717, 1.165) is 4.47 Å². The third-order valence-corrected chi connectivity index (χ3v) is 3.51. The van der Waals surface area contributed by atoms with E-state index in [0.29, 0.717) is 16.9 Å². The number of hydrogen-bond acceptors (Lipinski definition) is 4. The number of Topliss-reactive ketones (excluding diaryl/α,β-unsaturated/α-hetero) is 1. The zero-order valence-corrected chi connectivity index (χ0v) is 13.2. The smallest absolute Gasteiger partial charge is 0.168 e. The minimum Gasteiger partial charge on any atom is -0.545 e. The lowest BCUT2D eigenvalue weighted by atomic mass is 10.1. The summed E-state index contributed by atoms with van der Waals surface area (Å²) in [6, 6.07) is 13.2. The molecule has 0 radical (unpaired) electrons. The van der Waals surface area contributed by atoms with E-state index < -0.39 is 5.97 Å². The van der Waals surface area contributed by atoms with Crippen molar-refractivity contribution < 1.29 is 14.7 Å². The third-order valence-electron chi connectivity index (χ3n) is 2.98.